The van der Waals surface area contributed by atoms with Gasteiger partial charge in [-0.2, -0.15) is 0 Å². The van der Waals surface area contributed by atoms with Gasteiger partial charge in [0.15, 0.2) is 11.7 Å². The van der Waals surface area contributed by atoms with E-state index in [0.717, 1.165) is 11.3 Å². The van der Waals surface area contributed by atoms with Crippen LogP contribution in [0.3, 0.4) is 0 Å². The van der Waals surface area contributed by atoms with E-state index in [1.54, 1.807) is 24.6 Å². The lowest BCUT2D eigenvalue weighted by molar-refractivity contribution is -0.122. The third-order valence-corrected chi connectivity index (χ3v) is 6.49. The van der Waals surface area contributed by atoms with E-state index < -0.39 is 0 Å². The molecule has 3 aromatic rings. The van der Waals surface area contributed by atoms with Crippen molar-refractivity contribution in [1.82, 2.24) is 10.3 Å². The van der Waals surface area contributed by atoms with Crippen molar-refractivity contribution in [3.63, 3.8) is 0 Å². The molecule has 1 unspecified atom stereocenters. The van der Waals surface area contributed by atoms with Crippen molar-refractivity contribution in [3.05, 3.63) is 58.7 Å². The fourth-order valence-electron chi connectivity index (χ4n) is 3.96. The van der Waals surface area contributed by atoms with Crippen molar-refractivity contribution in [1.29, 1.82) is 0 Å². The van der Waals surface area contributed by atoms with Crippen LogP contribution in [-0.4, -0.2) is 18.0 Å². The molecular formula is C23H26N2O3S. The molecule has 1 saturated carbocycles. The summed E-state index contributed by atoms with van der Waals surface area (Å²) in [4.78, 5) is 18.2. The molecule has 0 bridgehead atoms. The maximum Gasteiger partial charge on any atom is 0.221 e. The second kappa shape index (κ2) is 9.27. The first-order chi connectivity index (χ1) is 14.2. The number of hydrogen-bond acceptors (Lipinski definition) is 5. The fourth-order valence-corrected chi connectivity index (χ4v) is 4.83. The van der Waals surface area contributed by atoms with Gasteiger partial charge < -0.3 is 14.5 Å². The normalized spacial score (nSPS) is 15.3. The summed E-state index contributed by atoms with van der Waals surface area (Å²) in [6, 6.07) is 12.0. The van der Waals surface area contributed by atoms with Crippen molar-refractivity contribution in [3.8, 4) is 17.1 Å². The third-order valence-electron chi connectivity index (χ3n) is 5.53. The zero-order valence-corrected chi connectivity index (χ0v) is 17.4. The molecule has 1 N–H and O–H groups in total. The highest BCUT2D eigenvalue weighted by atomic mass is 32.1. The Bertz CT molecular complexity index is 912. The molecule has 1 aliphatic carbocycles. The van der Waals surface area contributed by atoms with Crippen molar-refractivity contribution >= 4 is 17.2 Å². The van der Waals surface area contributed by atoms with Crippen LogP contribution in [-0.2, 0) is 11.2 Å². The van der Waals surface area contributed by atoms with Gasteiger partial charge in [-0.1, -0.05) is 18.9 Å². The number of carbonyl (C=O) groups excluding carboxylic acids is 1. The fraction of sp³-hybridized carbons (Fsp3) is 0.391. The maximum absolute atomic E-state index is 12.6. The predicted molar refractivity (Wildman–Crippen MR) is 114 cm³/mol. The Kier molecular flexibility index (Phi) is 6.30. The molecule has 1 aliphatic rings. The number of nitrogens with one attached hydrogen (secondary N) is 1. The highest BCUT2D eigenvalue weighted by Gasteiger charge is 2.28. The Morgan fingerprint density at radius 2 is 2.07 bits per heavy atom. The van der Waals surface area contributed by atoms with E-state index in [9.17, 15) is 4.79 Å². The number of aromatic nitrogens is 1. The van der Waals surface area contributed by atoms with Crippen molar-refractivity contribution in [2.24, 2.45) is 5.92 Å². The number of nitrogens with zero attached hydrogens (tertiary/aromatic N) is 1. The Labute approximate surface area is 175 Å². The highest BCUT2D eigenvalue weighted by molar-refractivity contribution is 7.10. The van der Waals surface area contributed by atoms with E-state index in [4.69, 9.17) is 9.15 Å². The van der Waals surface area contributed by atoms with E-state index >= 15 is 0 Å². The van der Waals surface area contributed by atoms with Gasteiger partial charge in [0.25, 0.3) is 0 Å². The van der Waals surface area contributed by atoms with Crippen LogP contribution in [0.5, 0.6) is 5.75 Å². The van der Waals surface area contributed by atoms with Gasteiger partial charge in [-0.15, -0.1) is 11.3 Å². The van der Waals surface area contributed by atoms with Crippen LogP contribution in [0.4, 0.5) is 0 Å². The largest absolute Gasteiger partial charge is 0.497 e. The van der Waals surface area contributed by atoms with Crippen LogP contribution in [0, 0.1) is 5.92 Å². The summed E-state index contributed by atoms with van der Waals surface area (Å²) in [6.07, 6.45) is 7.46. The lowest BCUT2D eigenvalue weighted by Gasteiger charge is -2.23. The van der Waals surface area contributed by atoms with Gasteiger partial charge in [0, 0.05) is 23.3 Å². The Morgan fingerprint density at radius 3 is 2.76 bits per heavy atom. The van der Waals surface area contributed by atoms with Gasteiger partial charge in [-0.05, 0) is 54.5 Å². The zero-order valence-electron chi connectivity index (χ0n) is 16.6. The summed E-state index contributed by atoms with van der Waals surface area (Å²) in [6.45, 7) is 0. The summed E-state index contributed by atoms with van der Waals surface area (Å²) in [5.74, 6) is 2.68. The minimum Gasteiger partial charge on any atom is -0.497 e. The quantitative estimate of drug-likeness (QED) is 0.541. The maximum atomic E-state index is 12.6. The van der Waals surface area contributed by atoms with Gasteiger partial charge in [0.1, 0.15) is 5.75 Å². The predicted octanol–water partition coefficient (Wildman–Crippen LogP) is 5.39. The molecule has 2 aromatic heterocycles. The molecule has 1 aromatic carbocycles. The number of hydrogen-bond donors (Lipinski definition) is 1. The molecule has 0 aliphatic heterocycles. The SMILES string of the molecule is COc1ccc(-c2cnc(CCC(=O)NC(c3cccs3)C3CCCC3)o2)cc1. The van der Waals surface area contributed by atoms with Gasteiger partial charge >= 0.3 is 0 Å². The second-order valence-corrected chi connectivity index (χ2v) is 8.43. The second-order valence-electron chi connectivity index (χ2n) is 7.45. The van der Waals surface area contributed by atoms with Gasteiger partial charge in [0.2, 0.25) is 5.91 Å². The summed E-state index contributed by atoms with van der Waals surface area (Å²) < 4.78 is 11.0. The van der Waals surface area contributed by atoms with Crippen LogP contribution >= 0.6 is 11.3 Å². The van der Waals surface area contributed by atoms with Crippen molar-refractivity contribution in [2.45, 2.75) is 44.6 Å². The first-order valence-corrected chi connectivity index (χ1v) is 11.0. The number of rotatable bonds is 8. The first-order valence-electron chi connectivity index (χ1n) is 10.1. The minimum atomic E-state index is 0.0551. The molecular weight excluding hydrogens is 384 g/mol. The molecule has 0 spiro atoms. The third kappa shape index (κ3) is 4.88. The molecule has 0 radical (unpaired) electrons. The van der Waals surface area contributed by atoms with E-state index in [0.29, 0.717) is 30.4 Å². The topological polar surface area (TPSA) is 64.4 Å². The first kappa shape index (κ1) is 19.7. The monoisotopic (exact) mass is 410 g/mol. The molecule has 0 saturated heterocycles. The Morgan fingerprint density at radius 1 is 1.28 bits per heavy atom. The molecule has 29 heavy (non-hydrogen) atoms. The lowest BCUT2D eigenvalue weighted by atomic mass is 9.96. The van der Waals surface area contributed by atoms with Crippen LogP contribution in [0.15, 0.2) is 52.4 Å². The number of thiophene rings is 1. The Balaban J connectivity index is 1.34. The average Bonchev–Trinajstić information content (AvgIpc) is 3.53. The standard InChI is InChI=1S/C23H26N2O3S/c1-27-18-10-8-16(9-11-18)19-15-24-22(28-19)13-12-21(26)25-23(17-5-2-3-6-17)20-7-4-14-29-20/h4,7-11,14-15,17,23H,2-3,5-6,12-13H2,1H3,(H,25,26). The molecule has 1 atom stereocenters. The highest BCUT2D eigenvalue weighted by Crippen LogP contribution is 2.37. The number of carbonyl (C=O) groups is 1. The minimum absolute atomic E-state index is 0.0551. The number of benzene rings is 1. The lowest BCUT2D eigenvalue weighted by Crippen LogP contribution is -2.32. The molecule has 1 fully saturated rings. The molecule has 6 heteroatoms. The summed E-state index contributed by atoms with van der Waals surface area (Å²) >= 11 is 1.72. The van der Waals surface area contributed by atoms with Crippen LogP contribution in [0.25, 0.3) is 11.3 Å². The smallest absolute Gasteiger partial charge is 0.221 e. The summed E-state index contributed by atoms with van der Waals surface area (Å²) in [5, 5.41) is 5.35. The average molecular weight is 411 g/mol. The molecule has 152 valence electrons. The molecule has 1 amide bonds. The van der Waals surface area contributed by atoms with Gasteiger partial charge in [-0.25, -0.2) is 4.98 Å². The van der Waals surface area contributed by atoms with Crippen LogP contribution < -0.4 is 10.1 Å². The van der Waals surface area contributed by atoms with E-state index in [-0.39, 0.29) is 11.9 Å². The van der Waals surface area contributed by atoms with E-state index in [1.165, 1.54) is 30.6 Å². The van der Waals surface area contributed by atoms with Crippen molar-refractivity contribution in [2.75, 3.05) is 7.11 Å². The molecule has 5 nitrogen and oxygen atoms in total. The van der Waals surface area contributed by atoms with E-state index in [1.807, 2.05) is 24.3 Å². The summed E-state index contributed by atoms with van der Waals surface area (Å²) in [7, 11) is 1.64. The zero-order chi connectivity index (χ0) is 20.1. The number of amides is 1. The van der Waals surface area contributed by atoms with Gasteiger partial charge in [0.05, 0.1) is 19.3 Å². The molecule has 4 rings (SSSR count). The molecule has 2 heterocycles. The summed E-state index contributed by atoms with van der Waals surface area (Å²) in [5.41, 5.74) is 0.938. The Hall–Kier alpha value is -2.60. The van der Waals surface area contributed by atoms with Gasteiger partial charge in [-0.3, -0.25) is 4.79 Å². The van der Waals surface area contributed by atoms with Crippen LogP contribution in [0.2, 0.25) is 0 Å². The van der Waals surface area contributed by atoms with Crippen LogP contribution in [0.1, 0.15) is 48.9 Å². The van der Waals surface area contributed by atoms with E-state index in [2.05, 4.69) is 27.8 Å². The number of ether oxygens (including phenoxy) is 1. The number of oxazole rings is 1. The number of aryl methyl sites for hydroxylation is 1. The number of methoxy groups -OCH3 is 1. The van der Waals surface area contributed by atoms with Crippen molar-refractivity contribution < 1.29 is 13.9 Å².